The smallest absolute Gasteiger partial charge is 0.472 e. The van der Waals surface area contributed by atoms with E-state index in [1.807, 2.05) is 45.4 Å². The SMILES string of the molecule is CCCCC/C=C\C\C=C/C=C/C=C/[C@@H](SC[C@H](N)C(=O)O[C@H](COC(=O)CCCCCC/C=C\C/C=C\C/C=C\CCCCC)COP(=O)(O)OCC[N+](C)(C)C)[C@@H](O)CCCC(=O)O. The number of esters is 2. The van der Waals surface area contributed by atoms with Crippen molar-refractivity contribution >= 4 is 37.5 Å². The Bertz CT molecular complexity index is 1520. The molecule has 5 atom stereocenters. The summed E-state index contributed by atoms with van der Waals surface area (Å²) in [4.78, 5) is 47.3. The number of ether oxygens (including phenoxy) is 2. The van der Waals surface area contributed by atoms with E-state index in [4.69, 9.17) is 29.4 Å². The third kappa shape index (κ3) is 42.3. The van der Waals surface area contributed by atoms with Crippen molar-refractivity contribution in [1.82, 2.24) is 0 Å². The number of hydrogen-bond donors (Lipinski definition) is 4. The number of phosphoric ester groups is 1. The minimum atomic E-state index is -4.55. The number of quaternary nitrogens is 1. The number of unbranched alkanes of at least 4 members (excludes halogenated alkanes) is 10. The Morgan fingerprint density at radius 3 is 1.85 bits per heavy atom. The summed E-state index contributed by atoms with van der Waals surface area (Å²) in [6.07, 6.45) is 43.9. The van der Waals surface area contributed by atoms with Crippen LogP contribution in [0.2, 0.25) is 0 Å². The fourth-order valence-electron chi connectivity index (χ4n) is 5.91. The van der Waals surface area contributed by atoms with Crippen molar-refractivity contribution in [2.24, 2.45) is 5.73 Å². The minimum absolute atomic E-state index is 0.0159. The number of nitrogens with zero attached hydrogens (tertiary/aromatic N) is 1. The molecule has 0 aliphatic rings. The molecule has 0 aromatic carbocycles. The molecule has 378 valence electrons. The van der Waals surface area contributed by atoms with Gasteiger partial charge in [0.2, 0.25) is 0 Å². The van der Waals surface area contributed by atoms with Crippen LogP contribution in [0.3, 0.4) is 0 Å². The van der Waals surface area contributed by atoms with Crippen molar-refractivity contribution in [2.45, 2.75) is 166 Å². The molecule has 0 saturated heterocycles. The first kappa shape index (κ1) is 62.9. The average Bonchev–Trinajstić information content (AvgIpc) is 3.26. The van der Waals surface area contributed by atoms with Gasteiger partial charge in [0.05, 0.1) is 33.9 Å². The van der Waals surface area contributed by atoms with Crippen molar-refractivity contribution in [2.75, 3.05) is 53.3 Å². The molecule has 0 radical (unpaired) electrons. The topological polar surface area (TPSA) is 192 Å². The van der Waals surface area contributed by atoms with Crippen LogP contribution in [0.15, 0.2) is 85.1 Å². The van der Waals surface area contributed by atoms with Crippen LogP contribution in [-0.4, -0.2) is 114 Å². The number of hydrogen-bond acceptors (Lipinski definition) is 11. The predicted octanol–water partition coefficient (Wildman–Crippen LogP) is 10.9. The Kier molecular flexibility index (Phi) is 40.1. The highest BCUT2D eigenvalue weighted by Gasteiger charge is 2.29. The number of thioether (sulfide) groups is 1. The van der Waals surface area contributed by atoms with E-state index in [-0.39, 0.29) is 38.0 Å². The Balaban J connectivity index is 5.26. The molecular weight excluding hydrogens is 880 g/mol. The quantitative estimate of drug-likeness (QED) is 0.0113. The lowest BCUT2D eigenvalue weighted by Crippen LogP contribution is -2.40. The second-order valence-electron chi connectivity index (χ2n) is 17.3. The fraction of sp³-hybridized carbons (Fsp3) is 0.667. The van der Waals surface area contributed by atoms with Gasteiger partial charge in [0.1, 0.15) is 25.8 Å². The number of phosphoric acid groups is 1. The van der Waals surface area contributed by atoms with E-state index in [9.17, 15) is 28.9 Å². The first-order valence-corrected chi connectivity index (χ1v) is 26.8. The van der Waals surface area contributed by atoms with Crippen LogP contribution in [0.25, 0.3) is 0 Å². The van der Waals surface area contributed by atoms with E-state index >= 15 is 0 Å². The number of carbonyl (C=O) groups is 3. The van der Waals surface area contributed by atoms with Crippen LogP contribution in [0.4, 0.5) is 0 Å². The van der Waals surface area contributed by atoms with E-state index in [0.717, 1.165) is 57.8 Å². The molecule has 0 saturated carbocycles. The molecule has 0 amide bonds. The number of allylic oxidation sites excluding steroid dienone is 13. The summed E-state index contributed by atoms with van der Waals surface area (Å²) in [5, 5.41) is 19.5. The molecule has 15 heteroatoms. The summed E-state index contributed by atoms with van der Waals surface area (Å²) in [5.74, 6) is -2.31. The number of carboxylic acids is 1. The molecule has 0 aromatic heterocycles. The molecule has 0 rings (SSSR count). The van der Waals surface area contributed by atoms with Gasteiger partial charge in [0, 0.05) is 23.8 Å². The third-order valence-corrected chi connectivity index (χ3v) is 12.3. The van der Waals surface area contributed by atoms with Crippen LogP contribution in [-0.2, 0) is 37.5 Å². The lowest BCUT2D eigenvalue weighted by molar-refractivity contribution is -0.870. The van der Waals surface area contributed by atoms with Crippen molar-refractivity contribution in [3.63, 3.8) is 0 Å². The van der Waals surface area contributed by atoms with Gasteiger partial charge in [0.15, 0.2) is 6.10 Å². The zero-order valence-electron chi connectivity index (χ0n) is 41.1. The van der Waals surface area contributed by atoms with Gasteiger partial charge in [-0.1, -0.05) is 137 Å². The van der Waals surface area contributed by atoms with E-state index in [1.165, 1.54) is 50.3 Å². The molecule has 0 bridgehead atoms. The summed E-state index contributed by atoms with van der Waals surface area (Å²) in [7, 11) is 1.15. The zero-order valence-corrected chi connectivity index (χ0v) is 42.8. The molecule has 0 spiro atoms. The number of nitrogens with two attached hydrogens (primary N) is 1. The van der Waals surface area contributed by atoms with E-state index in [1.54, 1.807) is 12.2 Å². The Labute approximate surface area is 402 Å². The van der Waals surface area contributed by atoms with Gasteiger partial charge in [-0.15, -0.1) is 11.8 Å². The highest BCUT2D eigenvalue weighted by molar-refractivity contribution is 8.00. The lowest BCUT2D eigenvalue weighted by Gasteiger charge is -2.25. The maximum absolute atomic E-state index is 13.3. The predicted molar refractivity (Wildman–Crippen MR) is 271 cm³/mol. The number of aliphatic carboxylic acids is 1. The molecular formula is C51H88N2O11PS+. The summed E-state index contributed by atoms with van der Waals surface area (Å²) in [6.45, 7) is 3.74. The summed E-state index contributed by atoms with van der Waals surface area (Å²) in [5.41, 5.74) is 6.25. The largest absolute Gasteiger partial charge is 0.481 e. The van der Waals surface area contributed by atoms with Gasteiger partial charge >= 0.3 is 25.7 Å². The number of carbonyl (C=O) groups excluding carboxylic acids is 2. The van der Waals surface area contributed by atoms with Crippen molar-refractivity contribution in [3.05, 3.63) is 85.1 Å². The zero-order chi connectivity index (χ0) is 49.2. The molecule has 0 aromatic rings. The van der Waals surface area contributed by atoms with E-state index in [0.29, 0.717) is 17.4 Å². The number of carboxylic acid groups (broad SMARTS) is 1. The highest BCUT2D eigenvalue weighted by Crippen LogP contribution is 2.43. The highest BCUT2D eigenvalue weighted by atomic mass is 32.2. The van der Waals surface area contributed by atoms with Crippen LogP contribution in [0.5, 0.6) is 0 Å². The summed E-state index contributed by atoms with van der Waals surface area (Å²) in [6, 6.07) is -1.19. The Morgan fingerprint density at radius 1 is 0.697 bits per heavy atom. The average molecular weight is 968 g/mol. The van der Waals surface area contributed by atoms with E-state index < -0.39 is 62.4 Å². The van der Waals surface area contributed by atoms with Gasteiger partial charge in [0.25, 0.3) is 0 Å². The van der Waals surface area contributed by atoms with E-state index in [2.05, 4.69) is 62.5 Å². The van der Waals surface area contributed by atoms with Crippen LogP contribution in [0, 0.1) is 0 Å². The summed E-state index contributed by atoms with van der Waals surface area (Å²) >= 11 is 1.20. The van der Waals surface area contributed by atoms with Gasteiger partial charge in [-0.3, -0.25) is 23.4 Å². The van der Waals surface area contributed by atoms with Crippen LogP contribution >= 0.6 is 19.6 Å². The van der Waals surface area contributed by atoms with Crippen molar-refractivity contribution in [3.8, 4) is 0 Å². The Morgan fingerprint density at radius 2 is 1.26 bits per heavy atom. The van der Waals surface area contributed by atoms with Crippen LogP contribution in [0.1, 0.15) is 142 Å². The van der Waals surface area contributed by atoms with Crippen LogP contribution < -0.4 is 5.73 Å². The molecule has 66 heavy (non-hydrogen) atoms. The van der Waals surface area contributed by atoms with Gasteiger partial charge in [-0.25, -0.2) is 4.57 Å². The van der Waals surface area contributed by atoms with Crippen molar-refractivity contribution < 1.29 is 57.1 Å². The minimum Gasteiger partial charge on any atom is -0.481 e. The first-order chi connectivity index (χ1) is 31.6. The molecule has 0 aliphatic heterocycles. The molecule has 5 N–H and O–H groups in total. The third-order valence-electron chi connectivity index (χ3n) is 9.90. The van der Waals surface area contributed by atoms with Gasteiger partial charge in [-0.05, 0) is 77.0 Å². The summed E-state index contributed by atoms with van der Waals surface area (Å²) < 4.78 is 34.4. The first-order valence-electron chi connectivity index (χ1n) is 24.3. The van der Waals surface area contributed by atoms with Crippen molar-refractivity contribution in [1.29, 1.82) is 0 Å². The molecule has 0 aliphatic carbocycles. The number of aliphatic hydroxyl groups is 1. The molecule has 0 fully saturated rings. The lowest BCUT2D eigenvalue weighted by atomic mass is 10.1. The second kappa shape index (κ2) is 42.1. The van der Waals surface area contributed by atoms with Gasteiger partial charge in [-0.2, -0.15) is 0 Å². The second-order valence-corrected chi connectivity index (χ2v) is 20.0. The number of aliphatic hydroxyl groups excluding tert-OH is 1. The fourth-order valence-corrected chi connectivity index (χ4v) is 7.78. The van der Waals surface area contributed by atoms with Gasteiger partial charge < -0.3 is 34.8 Å². The standard InChI is InChI=1S/C51H87N2O11PS/c1-6-8-10-12-14-16-18-20-21-22-23-24-26-28-30-32-34-39-50(57)61-42-45(43-63-65(59,60)62-41-40-53(3,4)5)64-51(58)46(52)44-66-48(47(54)36-35-38-49(55)56)37-33-31-29-27-25-19-17-15-13-11-9-7-2/h14-17,20-21,23-25,27,29,31,33,37,45-48,54H,6-13,18-19,22,26,28,30,32,34-36,38-44,52H2,1-5H3,(H-,55,56,59,60)/p+1/b16-14-,17-15-,21-20-,24-23-,27-25-,31-29+,37-33+/t45-,46+,47+,48-/m1/s1. The molecule has 13 nitrogen and oxygen atoms in total. The monoisotopic (exact) mass is 968 g/mol. The molecule has 0 heterocycles. The Hall–Kier alpha value is -3.07. The normalized spacial score (nSPS) is 15.5. The molecule has 1 unspecified atom stereocenters. The maximum atomic E-state index is 13.3. The number of likely N-dealkylation sites (N-methyl/N-ethyl adjacent to an activating group) is 1. The maximum Gasteiger partial charge on any atom is 0.472 e. The number of rotatable bonds is 43.